The number of hydrogen-bond donors (Lipinski definition) is 1. The number of hydrogen-bond acceptors (Lipinski definition) is 4. The molecule has 8 heteroatoms. The van der Waals surface area contributed by atoms with Crippen molar-refractivity contribution in [2.45, 2.75) is 44.4 Å². The summed E-state index contributed by atoms with van der Waals surface area (Å²) in [7, 11) is 0. The van der Waals surface area contributed by atoms with Crippen molar-refractivity contribution in [2.24, 2.45) is 0 Å². The quantitative estimate of drug-likeness (QED) is 0.820. The summed E-state index contributed by atoms with van der Waals surface area (Å²) in [6, 6.07) is -0.322. The van der Waals surface area contributed by atoms with Gasteiger partial charge in [-0.2, -0.15) is 13.2 Å². The lowest BCUT2D eigenvalue weighted by molar-refractivity contribution is -0.142. The lowest BCUT2D eigenvalue weighted by Gasteiger charge is -2.42. The predicted molar refractivity (Wildman–Crippen MR) is 80.1 cm³/mol. The summed E-state index contributed by atoms with van der Waals surface area (Å²) in [4.78, 5) is 16.4. The Balaban J connectivity index is 1.89. The van der Waals surface area contributed by atoms with Crippen molar-refractivity contribution in [3.05, 3.63) is 0 Å². The predicted octanol–water partition coefficient (Wildman–Crippen LogP) is 1.24. The van der Waals surface area contributed by atoms with Gasteiger partial charge in [0.1, 0.15) is 6.54 Å². The van der Waals surface area contributed by atoms with Gasteiger partial charge in [-0.05, 0) is 26.3 Å². The number of likely N-dealkylation sites (tertiary alicyclic amines) is 1. The lowest BCUT2D eigenvalue weighted by Crippen LogP contribution is -2.56. The fourth-order valence-electron chi connectivity index (χ4n) is 3.30. The molecule has 2 fully saturated rings. The highest BCUT2D eigenvalue weighted by molar-refractivity contribution is 5.81. The average Bonchev–Trinajstić information content (AvgIpc) is 2.53. The Kier molecular flexibility index (Phi) is 6.67. The number of morpholine rings is 1. The summed E-state index contributed by atoms with van der Waals surface area (Å²) < 4.78 is 42.1. The van der Waals surface area contributed by atoms with Crippen LogP contribution in [0.4, 0.5) is 13.2 Å². The van der Waals surface area contributed by atoms with E-state index in [1.165, 1.54) is 0 Å². The van der Waals surface area contributed by atoms with Crippen LogP contribution in [0.2, 0.25) is 0 Å². The second-order valence-electron chi connectivity index (χ2n) is 6.31. The molecule has 134 valence electrons. The fraction of sp³-hybridized carbons (Fsp3) is 0.933. The number of piperidine rings is 1. The molecule has 0 aromatic rings. The Hall–Kier alpha value is -0.860. The first-order valence-electron chi connectivity index (χ1n) is 8.27. The number of nitrogens with one attached hydrogen (secondary N) is 1. The van der Waals surface area contributed by atoms with Crippen LogP contribution in [0.3, 0.4) is 0 Å². The molecule has 2 aliphatic heterocycles. The van der Waals surface area contributed by atoms with E-state index in [9.17, 15) is 18.0 Å². The summed E-state index contributed by atoms with van der Waals surface area (Å²) >= 11 is 0. The second kappa shape index (κ2) is 8.30. The molecule has 0 aromatic heterocycles. The van der Waals surface area contributed by atoms with Gasteiger partial charge in [0.2, 0.25) is 5.91 Å². The molecule has 2 heterocycles. The zero-order valence-electron chi connectivity index (χ0n) is 13.6. The molecule has 5 nitrogen and oxygen atoms in total. The Morgan fingerprint density at radius 2 is 1.96 bits per heavy atom. The van der Waals surface area contributed by atoms with Crippen LogP contribution in [0.5, 0.6) is 0 Å². The van der Waals surface area contributed by atoms with Gasteiger partial charge in [0.05, 0.1) is 19.3 Å². The minimum atomic E-state index is -4.37. The number of ether oxygens (including phenoxy) is 1. The molecule has 0 radical (unpaired) electrons. The molecule has 2 aliphatic rings. The van der Waals surface area contributed by atoms with E-state index in [2.05, 4.69) is 9.80 Å². The van der Waals surface area contributed by atoms with Gasteiger partial charge in [0, 0.05) is 25.7 Å². The highest BCUT2D eigenvalue weighted by atomic mass is 19.4. The summed E-state index contributed by atoms with van der Waals surface area (Å²) in [6.07, 6.45) is -1.31. The van der Waals surface area contributed by atoms with Crippen LogP contribution in [0, 0.1) is 0 Å². The van der Waals surface area contributed by atoms with Gasteiger partial charge in [0.25, 0.3) is 0 Å². The number of carbonyl (C=O) groups is 1. The second-order valence-corrected chi connectivity index (χ2v) is 6.31. The zero-order valence-corrected chi connectivity index (χ0v) is 13.6. The zero-order chi connectivity index (χ0) is 16.9. The third kappa shape index (κ3) is 5.93. The number of halogens is 3. The van der Waals surface area contributed by atoms with E-state index in [4.69, 9.17) is 4.74 Å². The monoisotopic (exact) mass is 337 g/mol. The molecule has 1 amide bonds. The van der Waals surface area contributed by atoms with E-state index in [0.29, 0.717) is 13.2 Å². The molecule has 2 saturated heterocycles. The summed E-state index contributed by atoms with van der Waals surface area (Å²) in [5.41, 5.74) is 0. The van der Waals surface area contributed by atoms with Crippen molar-refractivity contribution in [3.63, 3.8) is 0 Å². The van der Waals surface area contributed by atoms with Gasteiger partial charge in [0.15, 0.2) is 0 Å². The van der Waals surface area contributed by atoms with Crippen molar-refractivity contribution >= 4 is 5.91 Å². The van der Waals surface area contributed by atoms with Crippen LogP contribution in [0.15, 0.2) is 0 Å². The average molecular weight is 337 g/mol. The Morgan fingerprint density at radius 1 is 1.26 bits per heavy atom. The van der Waals surface area contributed by atoms with Gasteiger partial charge in [-0.25, -0.2) is 0 Å². The highest BCUT2D eigenvalue weighted by Crippen LogP contribution is 2.21. The summed E-state index contributed by atoms with van der Waals surface area (Å²) in [5, 5.41) is 2.00. The van der Waals surface area contributed by atoms with Crippen molar-refractivity contribution in [1.82, 2.24) is 15.1 Å². The number of alkyl halides is 3. The van der Waals surface area contributed by atoms with Crippen LogP contribution < -0.4 is 5.32 Å². The first-order chi connectivity index (χ1) is 10.9. The van der Waals surface area contributed by atoms with Crippen LogP contribution in [-0.4, -0.2) is 79.9 Å². The van der Waals surface area contributed by atoms with E-state index in [0.717, 1.165) is 45.4 Å². The van der Waals surface area contributed by atoms with Gasteiger partial charge >= 0.3 is 6.18 Å². The van der Waals surface area contributed by atoms with Gasteiger partial charge in [-0.3, -0.25) is 14.6 Å². The van der Waals surface area contributed by atoms with Crippen molar-refractivity contribution in [3.8, 4) is 0 Å². The third-order valence-electron chi connectivity index (χ3n) is 4.59. The molecular formula is C15H26F3N3O2. The molecule has 0 aromatic carbocycles. The van der Waals surface area contributed by atoms with E-state index >= 15 is 0 Å². The Morgan fingerprint density at radius 3 is 2.61 bits per heavy atom. The molecule has 0 aliphatic carbocycles. The number of rotatable bonds is 5. The minimum Gasteiger partial charge on any atom is -0.379 e. The van der Waals surface area contributed by atoms with Crippen LogP contribution in [-0.2, 0) is 9.53 Å². The van der Waals surface area contributed by atoms with E-state index in [-0.39, 0.29) is 6.04 Å². The smallest absolute Gasteiger partial charge is 0.379 e. The summed E-state index contributed by atoms with van der Waals surface area (Å²) in [6.45, 7) is 5.22. The minimum absolute atomic E-state index is 0.216. The summed E-state index contributed by atoms with van der Waals surface area (Å²) in [5.74, 6) is -0.545. The van der Waals surface area contributed by atoms with E-state index in [1.54, 1.807) is 6.92 Å². The first kappa shape index (κ1) is 18.5. The Bertz CT molecular complexity index is 387. The van der Waals surface area contributed by atoms with Crippen LogP contribution in [0.25, 0.3) is 0 Å². The lowest BCUT2D eigenvalue weighted by atomic mass is 9.99. The molecular weight excluding hydrogens is 311 g/mol. The maximum Gasteiger partial charge on any atom is 0.405 e. The van der Waals surface area contributed by atoms with Gasteiger partial charge < -0.3 is 10.1 Å². The van der Waals surface area contributed by atoms with Crippen molar-refractivity contribution in [2.75, 3.05) is 45.9 Å². The van der Waals surface area contributed by atoms with E-state index in [1.807, 2.05) is 5.32 Å². The van der Waals surface area contributed by atoms with Crippen molar-refractivity contribution in [1.29, 1.82) is 0 Å². The number of nitrogens with zero attached hydrogens (tertiary/aromatic N) is 2. The largest absolute Gasteiger partial charge is 0.405 e. The van der Waals surface area contributed by atoms with Gasteiger partial charge in [-0.1, -0.05) is 6.42 Å². The highest BCUT2D eigenvalue weighted by Gasteiger charge is 2.34. The van der Waals surface area contributed by atoms with E-state index < -0.39 is 24.7 Å². The molecule has 23 heavy (non-hydrogen) atoms. The van der Waals surface area contributed by atoms with Crippen LogP contribution in [0.1, 0.15) is 26.2 Å². The normalized spacial score (nSPS) is 26.0. The molecule has 0 spiro atoms. The number of amides is 1. The third-order valence-corrected chi connectivity index (χ3v) is 4.59. The molecule has 1 N–H and O–H groups in total. The van der Waals surface area contributed by atoms with Gasteiger partial charge in [-0.15, -0.1) is 0 Å². The molecule has 0 bridgehead atoms. The number of carbonyl (C=O) groups excluding carboxylic acids is 1. The first-order valence-corrected chi connectivity index (χ1v) is 8.27. The van der Waals surface area contributed by atoms with Crippen LogP contribution >= 0.6 is 0 Å². The standard InChI is InChI=1S/C15H26F3N3O2/c1-12(14(22)19-11-15(16,17)18)21-5-3-2-4-13(21)10-20-6-8-23-9-7-20/h12-13H,2-11H2,1H3,(H,19,22)/t12-,13+/m1/s1. The maximum atomic E-state index is 12.3. The maximum absolute atomic E-state index is 12.3. The fourth-order valence-corrected chi connectivity index (χ4v) is 3.30. The molecule has 2 rings (SSSR count). The molecule has 0 unspecified atom stereocenters. The molecule has 2 atom stereocenters. The molecule has 0 saturated carbocycles. The Labute approximate surface area is 135 Å². The SMILES string of the molecule is C[C@H](C(=O)NCC(F)(F)F)N1CCCC[C@H]1CN1CCOCC1. The topological polar surface area (TPSA) is 44.8 Å². The van der Waals surface area contributed by atoms with Crippen molar-refractivity contribution < 1.29 is 22.7 Å².